The number of allylic oxidation sites excluding steroid dienone is 2. The molecule has 0 aliphatic carbocycles. The zero-order valence-electron chi connectivity index (χ0n) is 19.4. The van der Waals surface area contributed by atoms with Gasteiger partial charge in [-0.05, 0) is 32.0 Å². The van der Waals surface area contributed by atoms with Crippen LogP contribution in [0.5, 0.6) is 0 Å². The van der Waals surface area contributed by atoms with Crippen molar-refractivity contribution in [1.82, 2.24) is 5.32 Å². The van der Waals surface area contributed by atoms with E-state index in [9.17, 15) is 14.4 Å². The lowest BCUT2D eigenvalue weighted by Crippen LogP contribution is -2.32. The number of carbonyl (C=O) groups excluding carboxylic acids is 2. The van der Waals surface area contributed by atoms with Crippen LogP contribution < -0.4 is 10.7 Å². The first-order valence-corrected chi connectivity index (χ1v) is 10.8. The number of hydrogen-bond acceptors (Lipinski definition) is 8. The third-order valence-corrected chi connectivity index (χ3v) is 5.85. The topological polar surface area (TPSA) is 104 Å². The van der Waals surface area contributed by atoms with Gasteiger partial charge < -0.3 is 23.9 Å². The minimum Gasteiger partial charge on any atom is -0.466 e. The molecule has 0 radical (unpaired) electrons. The van der Waals surface area contributed by atoms with Crippen molar-refractivity contribution in [3.63, 3.8) is 0 Å². The van der Waals surface area contributed by atoms with Gasteiger partial charge in [0.25, 0.3) is 0 Å². The molecule has 0 fully saturated rings. The lowest BCUT2D eigenvalue weighted by molar-refractivity contribution is -0.140. The average molecular weight is 463 g/mol. The molecule has 176 valence electrons. The van der Waals surface area contributed by atoms with E-state index in [2.05, 4.69) is 5.32 Å². The molecule has 0 bridgehead atoms. The van der Waals surface area contributed by atoms with Crippen LogP contribution in [0, 0.1) is 0 Å². The average Bonchev–Trinajstić information content (AvgIpc) is 2.83. The molecule has 0 saturated carbocycles. The third kappa shape index (κ3) is 3.97. The highest BCUT2D eigenvalue weighted by atomic mass is 16.6. The Bertz CT molecular complexity index is 1410. The van der Waals surface area contributed by atoms with Crippen molar-refractivity contribution in [3.8, 4) is 0 Å². The maximum atomic E-state index is 13.2. The van der Waals surface area contributed by atoms with Crippen molar-refractivity contribution in [2.75, 3.05) is 27.4 Å². The summed E-state index contributed by atoms with van der Waals surface area (Å²) in [6.07, 6.45) is 0. The maximum absolute atomic E-state index is 13.2. The Labute approximate surface area is 195 Å². The number of carbonyl (C=O) groups is 2. The number of benzene rings is 2. The number of ether oxygens (including phenoxy) is 3. The molecular formula is C26H25NO7. The van der Waals surface area contributed by atoms with Crippen LogP contribution in [-0.2, 0) is 23.8 Å². The van der Waals surface area contributed by atoms with Gasteiger partial charge in [-0.15, -0.1) is 0 Å². The van der Waals surface area contributed by atoms with Crippen LogP contribution in [0.3, 0.4) is 0 Å². The number of nitrogens with one attached hydrogen (secondary N) is 1. The monoisotopic (exact) mass is 463 g/mol. The van der Waals surface area contributed by atoms with Crippen molar-refractivity contribution < 1.29 is 28.2 Å². The van der Waals surface area contributed by atoms with Crippen LogP contribution in [0.25, 0.3) is 21.9 Å². The molecule has 8 nitrogen and oxygen atoms in total. The summed E-state index contributed by atoms with van der Waals surface area (Å²) < 4.78 is 21.6. The molecule has 8 heteroatoms. The van der Waals surface area contributed by atoms with Crippen LogP contribution in [0.15, 0.2) is 74.2 Å². The van der Waals surface area contributed by atoms with Crippen LogP contribution in [0.4, 0.5) is 0 Å². The third-order valence-electron chi connectivity index (χ3n) is 5.85. The van der Waals surface area contributed by atoms with E-state index in [1.165, 1.54) is 14.2 Å². The van der Waals surface area contributed by atoms with Crippen LogP contribution in [0.1, 0.15) is 25.3 Å². The minimum atomic E-state index is -0.878. The summed E-state index contributed by atoms with van der Waals surface area (Å²) in [5, 5.41) is 3.88. The molecule has 3 aromatic rings. The van der Waals surface area contributed by atoms with Crippen molar-refractivity contribution in [1.29, 1.82) is 0 Å². The number of fused-ring (bicyclic) bond motifs is 2. The van der Waals surface area contributed by atoms with Gasteiger partial charge in [0, 0.05) is 24.1 Å². The summed E-state index contributed by atoms with van der Waals surface area (Å²) in [7, 11) is 2.78. The zero-order valence-corrected chi connectivity index (χ0v) is 19.4. The van der Waals surface area contributed by atoms with Crippen molar-refractivity contribution in [3.05, 3.63) is 80.8 Å². The first-order valence-electron chi connectivity index (χ1n) is 10.8. The Morgan fingerprint density at radius 1 is 0.912 bits per heavy atom. The second kappa shape index (κ2) is 9.52. The molecule has 2 aromatic carbocycles. The Morgan fingerprint density at radius 3 is 2.29 bits per heavy atom. The Hall–Kier alpha value is -3.91. The highest BCUT2D eigenvalue weighted by Gasteiger charge is 2.39. The molecule has 1 unspecified atom stereocenters. The van der Waals surface area contributed by atoms with E-state index in [0.717, 1.165) is 0 Å². The molecule has 0 spiro atoms. The highest BCUT2D eigenvalue weighted by molar-refractivity contribution is 6.02. The summed E-state index contributed by atoms with van der Waals surface area (Å²) in [6.45, 7) is 3.73. The number of rotatable bonds is 6. The number of methoxy groups -OCH3 is 2. The lowest BCUT2D eigenvalue weighted by Gasteiger charge is -2.30. The molecule has 4 rings (SSSR count). The molecule has 1 atom stereocenters. The van der Waals surface area contributed by atoms with E-state index in [1.54, 1.807) is 56.3 Å². The van der Waals surface area contributed by atoms with E-state index >= 15 is 0 Å². The molecule has 34 heavy (non-hydrogen) atoms. The van der Waals surface area contributed by atoms with Gasteiger partial charge in [0.05, 0.1) is 41.6 Å². The summed E-state index contributed by atoms with van der Waals surface area (Å²) >= 11 is 0. The number of hydrogen-bond donors (Lipinski definition) is 1. The van der Waals surface area contributed by atoms with Crippen LogP contribution in [-0.4, -0.2) is 39.4 Å². The molecule has 2 heterocycles. The van der Waals surface area contributed by atoms with Crippen molar-refractivity contribution in [2.45, 2.75) is 19.8 Å². The van der Waals surface area contributed by atoms with Gasteiger partial charge in [-0.2, -0.15) is 0 Å². The number of para-hydroxylation sites is 2. The highest BCUT2D eigenvalue weighted by Crippen LogP contribution is 2.42. The van der Waals surface area contributed by atoms with E-state index in [-0.39, 0.29) is 29.8 Å². The number of esters is 2. The standard InChI is InChI=1S/C26H25NO7/c1-14-20(25(29)32-4)22(21(15(2)27-14)26(30)33-13-12-31-3)17-9-7-10-18-23(28)16-8-5-6-11-19(16)34-24(17)18/h5-11,22,27H,12-13H2,1-4H3. The maximum Gasteiger partial charge on any atom is 0.336 e. The first-order chi connectivity index (χ1) is 16.4. The predicted molar refractivity (Wildman–Crippen MR) is 126 cm³/mol. The number of dihydropyridines is 1. The lowest BCUT2D eigenvalue weighted by atomic mass is 9.79. The SMILES string of the molecule is COCCOC(=O)C1=C(C)NC(C)=C(C(=O)OC)C1c1cccc2c(=O)c3ccccc3oc12. The Kier molecular flexibility index (Phi) is 6.51. The predicted octanol–water partition coefficient (Wildman–Crippen LogP) is 3.54. The van der Waals surface area contributed by atoms with Gasteiger partial charge in [0.1, 0.15) is 17.8 Å². The van der Waals surface area contributed by atoms with Crippen molar-refractivity contribution in [2.24, 2.45) is 0 Å². The fourth-order valence-corrected chi connectivity index (χ4v) is 4.32. The second-order valence-corrected chi connectivity index (χ2v) is 7.91. The van der Waals surface area contributed by atoms with E-state index in [0.29, 0.717) is 38.9 Å². The normalized spacial score (nSPS) is 16.1. The summed E-state index contributed by atoms with van der Waals surface area (Å²) in [6, 6.07) is 12.1. The fraction of sp³-hybridized carbons (Fsp3) is 0.269. The van der Waals surface area contributed by atoms with Gasteiger partial charge >= 0.3 is 11.9 Å². The zero-order chi connectivity index (χ0) is 24.4. The summed E-state index contributed by atoms with van der Waals surface area (Å²) in [5.74, 6) is -2.09. The molecule has 1 aliphatic rings. The first kappa shape index (κ1) is 23.3. The van der Waals surface area contributed by atoms with Gasteiger partial charge in [-0.3, -0.25) is 4.79 Å². The van der Waals surface area contributed by atoms with E-state index in [4.69, 9.17) is 18.6 Å². The Balaban J connectivity index is 2.00. The molecule has 1 aliphatic heterocycles. The van der Waals surface area contributed by atoms with Gasteiger partial charge in [-0.1, -0.05) is 24.3 Å². The fourth-order valence-electron chi connectivity index (χ4n) is 4.32. The van der Waals surface area contributed by atoms with Crippen molar-refractivity contribution >= 4 is 33.9 Å². The van der Waals surface area contributed by atoms with Gasteiger partial charge in [0.15, 0.2) is 0 Å². The largest absolute Gasteiger partial charge is 0.466 e. The Morgan fingerprint density at radius 2 is 1.59 bits per heavy atom. The van der Waals surface area contributed by atoms with Gasteiger partial charge in [-0.25, -0.2) is 9.59 Å². The molecular weight excluding hydrogens is 438 g/mol. The van der Waals surface area contributed by atoms with Gasteiger partial charge in [0.2, 0.25) is 5.43 Å². The smallest absolute Gasteiger partial charge is 0.336 e. The molecule has 1 aromatic heterocycles. The minimum absolute atomic E-state index is 0.0460. The van der Waals surface area contributed by atoms with Crippen LogP contribution in [0.2, 0.25) is 0 Å². The van der Waals surface area contributed by atoms with Crippen LogP contribution >= 0.6 is 0 Å². The van der Waals surface area contributed by atoms with E-state index in [1.807, 2.05) is 0 Å². The summed E-state index contributed by atoms with van der Waals surface area (Å²) in [5.41, 5.74) is 2.51. The van der Waals surface area contributed by atoms with E-state index < -0.39 is 17.9 Å². The molecule has 0 amide bonds. The molecule has 0 saturated heterocycles. The molecule has 1 N–H and O–H groups in total. The quantitative estimate of drug-likeness (QED) is 0.336. The second-order valence-electron chi connectivity index (χ2n) is 7.91. The summed E-state index contributed by atoms with van der Waals surface area (Å²) in [4.78, 5) is 39.3.